The van der Waals surface area contributed by atoms with Gasteiger partial charge in [0.1, 0.15) is 5.69 Å². The van der Waals surface area contributed by atoms with E-state index < -0.39 is 4.92 Å². The summed E-state index contributed by atoms with van der Waals surface area (Å²) in [5.74, 6) is -0.272. The Hall–Kier alpha value is -2.11. The van der Waals surface area contributed by atoms with Gasteiger partial charge < -0.3 is 10.6 Å². The molecule has 0 saturated heterocycles. The predicted octanol–water partition coefficient (Wildman–Crippen LogP) is 3.34. The Morgan fingerprint density at radius 1 is 1.24 bits per heavy atom. The molecule has 0 bridgehead atoms. The summed E-state index contributed by atoms with van der Waals surface area (Å²) in [7, 11) is 1.61. The van der Waals surface area contributed by atoms with E-state index >= 15 is 0 Å². The number of nitro benzene ring substituents is 1. The number of nitrogens with one attached hydrogen (secondary N) is 2. The van der Waals surface area contributed by atoms with Gasteiger partial charge in [-0.3, -0.25) is 14.9 Å². The molecule has 0 atom stereocenters. The molecule has 6 nitrogen and oxygen atoms in total. The number of carbonyl (C=O) groups excluding carboxylic acids is 1. The summed E-state index contributed by atoms with van der Waals surface area (Å²) in [6, 6.07) is 4.46. The van der Waals surface area contributed by atoms with Crippen molar-refractivity contribution >= 4 is 17.3 Å². The van der Waals surface area contributed by atoms with E-state index in [-0.39, 0.29) is 17.1 Å². The summed E-state index contributed by atoms with van der Waals surface area (Å²) in [6.07, 6.45) is 2.47. The molecule has 1 amide bonds. The number of nitro groups is 1. The monoisotopic (exact) mass is 293 g/mol. The van der Waals surface area contributed by atoms with Gasteiger partial charge in [-0.15, -0.1) is 0 Å². The van der Waals surface area contributed by atoms with E-state index in [0.29, 0.717) is 11.3 Å². The highest BCUT2D eigenvalue weighted by Crippen LogP contribution is 2.26. The number of benzene rings is 1. The first-order valence-corrected chi connectivity index (χ1v) is 7.21. The van der Waals surface area contributed by atoms with Gasteiger partial charge in [-0.2, -0.15) is 0 Å². The van der Waals surface area contributed by atoms with Crippen LogP contribution >= 0.6 is 0 Å². The molecule has 0 aliphatic rings. The van der Waals surface area contributed by atoms with Crippen LogP contribution in [0.3, 0.4) is 0 Å². The topological polar surface area (TPSA) is 84.3 Å². The van der Waals surface area contributed by atoms with Crippen molar-refractivity contribution in [2.24, 2.45) is 0 Å². The van der Waals surface area contributed by atoms with Crippen LogP contribution in [0.5, 0.6) is 0 Å². The number of nitrogens with zero attached hydrogens (tertiary/aromatic N) is 1. The summed E-state index contributed by atoms with van der Waals surface area (Å²) in [6.45, 7) is 6.08. The maximum atomic E-state index is 12.4. The molecule has 0 radical (unpaired) electrons. The van der Waals surface area contributed by atoms with Crippen molar-refractivity contribution in [2.75, 3.05) is 12.4 Å². The Morgan fingerprint density at radius 3 is 2.24 bits per heavy atom. The highest BCUT2D eigenvalue weighted by atomic mass is 16.6. The summed E-state index contributed by atoms with van der Waals surface area (Å²) < 4.78 is 0. The van der Waals surface area contributed by atoms with Crippen LogP contribution in [0.4, 0.5) is 11.4 Å². The van der Waals surface area contributed by atoms with Crippen LogP contribution in [-0.4, -0.2) is 23.4 Å². The van der Waals surface area contributed by atoms with Crippen LogP contribution in [0.1, 0.15) is 50.4 Å². The lowest BCUT2D eigenvalue weighted by atomic mass is 9.89. The second-order valence-electron chi connectivity index (χ2n) is 5.03. The summed E-state index contributed by atoms with van der Waals surface area (Å²) in [4.78, 5) is 22.9. The largest absolute Gasteiger partial charge is 0.383 e. The van der Waals surface area contributed by atoms with Gasteiger partial charge in [-0.25, -0.2) is 0 Å². The molecule has 1 aromatic carbocycles. The first-order chi connectivity index (χ1) is 9.92. The van der Waals surface area contributed by atoms with Crippen molar-refractivity contribution in [1.82, 2.24) is 5.32 Å². The average Bonchev–Trinajstić information content (AvgIpc) is 2.51. The second-order valence-corrected chi connectivity index (χ2v) is 5.03. The summed E-state index contributed by atoms with van der Waals surface area (Å²) >= 11 is 0. The zero-order chi connectivity index (χ0) is 16.0. The average molecular weight is 293 g/mol. The second kappa shape index (κ2) is 7.06. The number of hydrogen-bond acceptors (Lipinski definition) is 4. The van der Waals surface area contributed by atoms with E-state index in [2.05, 4.69) is 10.6 Å². The van der Waals surface area contributed by atoms with E-state index in [1.807, 2.05) is 20.8 Å². The molecular formula is C15H23N3O3. The van der Waals surface area contributed by atoms with Crippen LogP contribution in [0, 0.1) is 10.1 Å². The third kappa shape index (κ3) is 3.71. The van der Waals surface area contributed by atoms with Crippen LogP contribution in [0.2, 0.25) is 0 Å². The third-order valence-electron chi connectivity index (χ3n) is 4.13. The molecular weight excluding hydrogens is 270 g/mol. The maximum absolute atomic E-state index is 12.4. The smallest absolute Gasteiger partial charge is 0.293 e. The molecule has 2 N–H and O–H groups in total. The molecule has 21 heavy (non-hydrogen) atoms. The van der Waals surface area contributed by atoms with Gasteiger partial charge >= 0.3 is 0 Å². The van der Waals surface area contributed by atoms with Crippen molar-refractivity contribution in [3.05, 3.63) is 33.9 Å². The molecule has 0 heterocycles. The van der Waals surface area contributed by atoms with E-state index in [4.69, 9.17) is 0 Å². The lowest BCUT2D eigenvalue weighted by molar-refractivity contribution is -0.384. The standard InChI is InChI=1S/C15H23N3O3/c1-5-15(6-2,7-3)17-14(19)11-8-9-12(16-4)13(10-11)18(20)21/h8-10,16H,5-7H2,1-4H3,(H,17,19). The fraction of sp³-hybridized carbons (Fsp3) is 0.533. The molecule has 0 aliphatic heterocycles. The minimum absolute atomic E-state index is 0.0970. The van der Waals surface area contributed by atoms with Crippen LogP contribution in [0.25, 0.3) is 0 Å². The van der Waals surface area contributed by atoms with Crippen LogP contribution < -0.4 is 10.6 Å². The predicted molar refractivity (Wildman–Crippen MR) is 83.7 cm³/mol. The van der Waals surface area contributed by atoms with Crippen LogP contribution in [-0.2, 0) is 0 Å². The lowest BCUT2D eigenvalue weighted by Crippen LogP contribution is -2.47. The molecule has 6 heteroatoms. The molecule has 1 aromatic rings. The molecule has 0 aromatic heterocycles. The Morgan fingerprint density at radius 2 is 1.81 bits per heavy atom. The number of amides is 1. The van der Waals surface area contributed by atoms with Crippen molar-refractivity contribution in [1.29, 1.82) is 0 Å². The van der Waals surface area contributed by atoms with Crippen molar-refractivity contribution in [2.45, 2.75) is 45.6 Å². The van der Waals surface area contributed by atoms with Gasteiger partial charge in [-0.1, -0.05) is 20.8 Å². The summed E-state index contributed by atoms with van der Waals surface area (Å²) in [5.41, 5.74) is 0.345. The maximum Gasteiger partial charge on any atom is 0.293 e. The molecule has 0 unspecified atom stereocenters. The quantitative estimate of drug-likeness (QED) is 0.596. The first kappa shape index (κ1) is 16.9. The SMILES string of the molecule is CCC(CC)(CC)NC(=O)c1ccc(NC)c([N+](=O)[O-])c1. The number of carbonyl (C=O) groups is 1. The highest BCUT2D eigenvalue weighted by molar-refractivity contribution is 5.96. The first-order valence-electron chi connectivity index (χ1n) is 7.21. The highest BCUT2D eigenvalue weighted by Gasteiger charge is 2.27. The Bertz CT molecular complexity index is 517. The number of anilines is 1. The number of hydrogen-bond donors (Lipinski definition) is 2. The van der Waals surface area contributed by atoms with E-state index in [1.54, 1.807) is 19.2 Å². The van der Waals surface area contributed by atoms with Gasteiger partial charge in [-0.05, 0) is 31.4 Å². The van der Waals surface area contributed by atoms with Crippen molar-refractivity contribution in [3.8, 4) is 0 Å². The van der Waals surface area contributed by atoms with Gasteiger partial charge in [0.05, 0.1) is 4.92 Å². The molecule has 0 spiro atoms. The lowest BCUT2D eigenvalue weighted by Gasteiger charge is -2.31. The van der Waals surface area contributed by atoms with E-state index in [9.17, 15) is 14.9 Å². The van der Waals surface area contributed by atoms with Crippen LogP contribution in [0.15, 0.2) is 18.2 Å². The van der Waals surface area contributed by atoms with Gasteiger partial charge in [0.2, 0.25) is 0 Å². The zero-order valence-corrected chi connectivity index (χ0v) is 13.0. The molecule has 1 rings (SSSR count). The molecule has 116 valence electrons. The minimum Gasteiger partial charge on any atom is -0.383 e. The fourth-order valence-electron chi connectivity index (χ4n) is 2.36. The van der Waals surface area contributed by atoms with Crippen molar-refractivity contribution < 1.29 is 9.72 Å². The van der Waals surface area contributed by atoms with E-state index in [1.165, 1.54) is 6.07 Å². The molecule has 0 aliphatic carbocycles. The Kier molecular flexibility index (Phi) is 5.69. The van der Waals surface area contributed by atoms with E-state index in [0.717, 1.165) is 19.3 Å². The molecule has 0 fully saturated rings. The zero-order valence-electron chi connectivity index (χ0n) is 13.0. The normalized spacial score (nSPS) is 11.0. The van der Waals surface area contributed by atoms with Gasteiger partial charge in [0.15, 0.2) is 0 Å². The Labute approximate surface area is 125 Å². The minimum atomic E-state index is -0.491. The third-order valence-corrected chi connectivity index (χ3v) is 4.13. The fourth-order valence-corrected chi connectivity index (χ4v) is 2.36. The number of rotatable bonds is 7. The molecule has 0 saturated carbocycles. The van der Waals surface area contributed by atoms with Gasteiger partial charge in [0.25, 0.3) is 11.6 Å². The van der Waals surface area contributed by atoms with Crippen molar-refractivity contribution in [3.63, 3.8) is 0 Å². The Balaban J connectivity index is 3.08. The summed E-state index contributed by atoms with van der Waals surface area (Å²) in [5, 5.41) is 16.8. The van der Waals surface area contributed by atoms with Gasteiger partial charge in [0, 0.05) is 24.2 Å².